The lowest BCUT2D eigenvalue weighted by atomic mass is 9.89. The summed E-state index contributed by atoms with van der Waals surface area (Å²) in [6.45, 7) is 0. The van der Waals surface area contributed by atoms with Crippen LogP contribution >= 0.6 is 0 Å². The van der Waals surface area contributed by atoms with Crippen molar-refractivity contribution in [2.24, 2.45) is 5.73 Å². The Balaban J connectivity index is 2.29. The van der Waals surface area contributed by atoms with Gasteiger partial charge in [-0.15, -0.1) is 0 Å². The second-order valence-electron chi connectivity index (χ2n) is 2.12. The van der Waals surface area contributed by atoms with E-state index in [9.17, 15) is 0 Å². The number of hydrogen-bond donors (Lipinski definition) is 1. The highest BCUT2D eigenvalue weighted by Gasteiger charge is 2.31. The quantitative estimate of drug-likeness (QED) is 0.487. The third kappa shape index (κ3) is 0.763. The van der Waals surface area contributed by atoms with E-state index in [1.54, 1.807) is 7.11 Å². The monoisotopic (exact) mass is 101 g/mol. The maximum absolute atomic E-state index is 5.58. The van der Waals surface area contributed by atoms with Crippen LogP contribution in [0, 0.1) is 0 Å². The first kappa shape index (κ1) is 5.06. The molecule has 0 aromatic rings. The van der Waals surface area contributed by atoms with E-state index in [4.69, 9.17) is 10.5 Å². The van der Waals surface area contributed by atoms with Gasteiger partial charge in [-0.25, -0.2) is 0 Å². The molecule has 2 nitrogen and oxygen atoms in total. The zero-order valence-corrected chi connectivity index (χ0v) is 4.61. The molecule has 0 radical (unpaired) electrons. The molecule has 0 bridgehead atoms. The van der Waals surface area contributed by atoms with E-state index in [0.717, 1.165) is 12.8 Å². The van der Waals surface area contributed by atoms with Crippen molar-refractivity contribution >= 4 is 0 Å². The molecule has 42 valence electrons. The van der Waals surface area contributed by atoms with E-state index in [2.05, 4.69) is 0 Å². The lowest BCUT2D eigenvalue weighted by molar-refractivity contribution is -0.0662. The molecule has 0 heterocycles. The van der Waals surface area contributed by atoms with Gasteiger partial charge in [0, 0.05) is 7.11 Å². The maximum atomic E-state index is 5.58. The van der Waals surface area contributed by atoms with Gasteiger partial charge < -0.3 is 10.5 Å². The molecule has 1 aliphatic rings. The molecule has 0 aromatic carbocycles. The molecular weight excluding hydrogens is 90.1 g/mol. The van der Waals surface area contributed by atoms with Crippen LogP contribution in [0.25, 0.3) is 0 Å². The molecule has 0 aliphatic heterocycles. The normalized spacial score (nSPS) is 26.6. The standard InChI is InChI=1S/C5H11NO/c1-7-5(6)3-2-4-5/h2-4,6H2,1H3. The summed E-state index contributed by atoms with van der Waals surface area (Å²) in [4.78, 5) is 0. The molecule has 7 heavy (non-hydrogen) atoms. The zero-order valence-electron chi connectivity index (χ0n) is 4.61. The summed E-state index contributed by atoms with van der Waals surface area (Å²) < 4.78 is 4.95. The van der Waals surface area contributed by atoms with Crippen molar-refractivity contribution in [1.82, 2.24) is 0 Å². The SMILES string of the molecule is COC1(N)CCC1. The number of methoxy groups -OCH3 is 1. The summed E-state index contributed by atoms with van der Waals surface area (Å²) in [5.41, 5.74) is 5.34. The van der Waals surface area contributed by atoms with Crippen LogP contribution in [0.15, 0.2) is 0 Å². The molecule has 1 aliphatic carbocycles. The Morgan fingerprint density at radius 2 is 2.14 bits per heavy atom. The zero-order chi connectivity index (χ0) is 5.33. The molecule has 0 unspecified atom stereocenters. The molecule has 1 saturated carbocycles. The minimum atomic E-state index is -0.236. The van der Waals surface area contributed by atoms with Gasteiger partial charge in [0.2, 0.25) is 0 Å². The van der Waals surface area contributed by atoms with Crippen molar-refractivity contribution in [3.8, 4) is 0 Å². The van der Waals surface area contributed by atoms with E-state index in [0.29, 0.717) is 0 Å². The lowest BCUT2D eigenvalue weighted by Gasteiger charge is -2.36. The van der Waals surface area contributed by atoms with Crippen molar-refractivity contribution in [3.05, 3.63) is 0 Å². The van der Waals surface area contributed by atoms with E-state index >= 15 is 0 Å². The summed E-state index contributed by atoms with van der Waals surface area (Å²) in [6, 6.07) is 0. The Kier molecular flexibility index (Phi) is 1.05. The third-order valence-electron chi connectivity index (χ3n) is 1.61. The topological polar surface area (TPSA) is 35.2 Å². The fourth-order valence-corrected chi connectivity index (χ4v) is 0.729. The predicted octanol–water partition coefficient (Wildman–Crippen LogP) is 0.472. The molecule has 0 atom stereocenters. The molecule has 0 aromatic heterocycles. The van der Waals surface area contributed by atoms with Crippen molar-refractivity contribution in [3.63, 3.8) is 0 Å². The third-order valence-corrected chi connectivity index (χ3v) is 1.61. The fraction of sp³-hybridized carbons (Fsp3) is 1.00. The van der Waals surface area contributed by atoms with Crippen LogP contribution < -0.4 is 5.73 Å². The van der Waals surface area contributed by atoms with Crippen molar-refractivity contribution in [2.75, 3.05) is 7.11 Å². The van der Waals surface area contributed by atoms with Gasteiger partial charge in [-0.2, -0.15) is 0 Å². The van der Waals surface area contributed by atoms with Gasteiger partial charge in [0.1, 0.15) is 5.72 Å². The Morgan fingerprint density at radius 1 is 1.57 bits per heavy atom. The summed E-state index contributed by atoms with van der Waals surface area (Å²) in [6.07, 6.45) is 3.29. The second kappa shape index (κ2) is 1.46. The Labute approximate surface area is 43.6 Å². The summed E-state index contributed by atoms with van der Waals surface area (Å²) in [5, 5.41) is 0. The summed E-state index contributed by atoms with van der Waals surface area (Å²) in [5.74, 6) is 0. The highest BCUT2D eigenvalue weighted by atomic mass is 16.5. The fourth-order valence-electron chi connectivity index (χ4n) is 0.729. The first-order chi connectivity index (χ1) is 3.27. The van der Waals surface area contributed by atoms with Crippen LogP contribution in [0.5, 0.6) is 0 Å². The van der Waals surface area contributed by atoms with Crippen molar-refractivity contribution in [2.45, 2.75) is 25.0 Å². The smallest absolute Gasteiger partial charge is 0.116 e. The summed E-state index contributed by atoms with van der Waals surface area (Å²) in [7, 11) is 1.67. The Morgan fingerprint density at radius 3 is 2.14 bits per heavy atom. The lowest BCUT2D eigenvalue weighted by Crippen LogP contribution is -2.47. The van der Waals surface area contributed by atoms with E-state index in [-0.39, 0.29) is 5.72 Å². The number of rotatable bonds is 1. The molecular formula is C5H11NO. The van der Waals surface area contributed by atoms with Crippen LogP contribution in [0.1, 0.15) is 19.3 Å². The average molecular weight is 101 g/mol. The van der Waals surface area contributed by atoms with Crippen LogP contribution in [-0.4, -0.2) is 12.8 Å². The second-order valence-corrected chi connectivity index (χ2v) is 2.12. The largest absolute Gasteiger partial charge is 0.364 e. The Hall–Kier alpha value is -0.0800. The number of hydrogen-bond acceptors (Lipinski definition) is 2. The van der Waals surface area contributed by atoms with Gasteiger partial charge in [-0.05, 0) is 19.3 Å². The molecule has 0 saturated heterocycles. The van der Waals surface area contributed by atoms with Crippen molar-refractivity contribution < 1.29 is 4.74 Å². The minimum absolute atomic E-state index is 0.236. The molecule has 0 spiro atoms. The Bertz CT molecular complexity index is 63.0. The number of nitrogens with two attached hydrogens (primary N) is 1. The maximum Gasteiger partial charge on any atom is 0.116 e. The van der Waals surface area contributed by atoms with Gasteiger partial charge in [0.15, 0.2) is 0 Å². The van der Waals surface area contributed by atoms with Crippen molar-refractivity contribution in [1.29, 1.82) is 0 Å². The van der Waals surface area contributed by atoms with Crippen LogP contribution in [0.2, 0.25) is 0 Å². The predicted molar refractivity (Wildman–Crippen MR) is 27.8 cm³/mol. The molecule has 0 amide bonds. The van der Waals surface area contributed by atoms with E-state index in [1.165, 1.54) is 6.42 Å². The summed E-state index contributed by atoms with van der Waals surface area (Å²) >= 11 is 0. The van der Waals surface area contributed by atoms with Gasteiger partial charge in [0.25, 0.3) is 0 Å². The molecule has 1 fully saturated rings. The molecule has 2 N–H and O–H groups in total. The number of ether oxygens (including phenoxy) is 1. The molecule has 1 rings (SSSR count). The van der Waals surface area contributed by atoms with E-state index < -0.39 is 0 Å². The average Bonchev–Trinajstić information content (AvgIpc) is 1.61. The van der Waals surface area contributed by atoms with Gasteiger partial charge >= 0.3 is 0 Å². The first-order valence-electron chi connectivity index (χ1n) is 2.61. The molecule has 2 heteroatoms. The van der Waals surface area contributed by atoms with Crippen LogP contribution in [0.4, 0.5) is 0 Å². The van der Waals surface area contributed by atoms with Gasteiger partial charge in [0.05, 0.1) is 0 Å². The highest BCUT2D eigenvalue weighted by Crippen LogP contribution is 2.28. The minimum Gasteiger partial charge on any atom is -0.364 e. The highest BCUT2D eigenvalue weighted by molar-refractivity contribution is 4.82. The van der Waals surface area contributed by atoms with Crippen LogP contribution in [-0.2, 0) is 4.74 Å². The van der Waals surface area contributed by atoms with Gasteiger partial charge in [-0.3, -0.25) is 0 Å². The van der Waals surface area contributed by atoms with Gasteiger partial charge in [-0.1, -0.05) is 0 Å². The van der Waals surface area contributed by atoms with E-state index in [1.807, 2.05) is 0 Å². The first-order valence-corrected chi connectivity index (χ1v) is 2.61. The van der Waals surface area contributed by atoms with Crippen LogP contribution in [0.3, 0.4) is 0 Å².